The van der Waals surface area contributed by atoms with Gasteiger partial charge in [0.1, 0.15) is 0 Å². The van der Waals surface area contributed by atoms with Crippen molar-refractivity contribution in [2.24, 2.45) is 0 Å². The number of nitrogens with one attached hydrogen (secondary N) is 1. The molecule has 0 fully saturated rings. The van der Waals surface area contributed by atoms with Crippen LogP contribution in [0.15, 0.2) is 72.8 Å². The van der Waals surface area contributed by atoms with Gasteiger partial charge in [-0.2, -0.15) is 0 Å². The van der Waals surface area contributed by atoms with Crippen molar-refractivity contribution in [1.29, 1.82) is 0 Å². The van der Waals surface area contributed by atoms with Crippen LogP contribution in [0.3, 0.4) is 0 Å². The van der Waals surface area contributed by atoms with Crippen LogP contribution in [0.1, 0.15) is 21.7 Å². The summed E-state index contributed by atoms with van der Waals surface area (Å²) in [4.78, 5) is 17.4. The molecule has 0 aliphatic carbocycles. The first-order valence-electron chi connectivity index (χ1n) is 9.18. The van der Waals surface area contributed by atoms with Gasteiger partial charge < -0.3 is 5.32 Å². The number of carbonyl (C=O) groups excluding carboxylic acids is 1. The molecule has 0 unspecified atom stereocenters. The molecule has 144 valence electrons. The average Bonchev–Trinajstić information content (AvgIpc) is 3.17. The summed E-state index contributed by atoms with van der Waals surface area (Å²) in [6.07, 6.45) is 0. The Hall–Kier alpha value is -3.44. The number of hydrogen-bond acceptors (Lipinski definition) is 3. The van der Waals surface area contributed by atoms with Gasteiger partial charge in [0.05, 0.1) is 5.69 Å². The lowest BCUT2D eigenvalue weighted by atomic mass is 10.1. The molecule has 1 aromatic heterocycles. The molecule has 4 rings (SSSR count). The van der Waals surface area contributed by atoms with Crippen LogP contribution < -0.4 is 5.32 Å². The number of amides is 1. The van der Waals surface area contributed by atoms with E-state index in [0.717, 1.165) is 22.4 Å². The number of aryl methyl sites for hydroxylation is 2. The molecule has 0 spiro atoms. The number of hydrogen-bond donors (Lipinski definition) is 1. The molecule has 3 aromatic carbocycles. The van der Waals surface area contributed by atoms with Crippen molar-refractivity contribution in [3.63, 3.8) is 0 Å². The lowest BCUT2D eigenvalue weighted by Crippen LogP contribution is -2.15. The topological polar surface area (TPSA) is 59.8 Å². The first-order valence-corrected chi connectivity index (χ1v) is 9.56. The molecule has 0 bridgehead atoms. The van der Waals surface area contributed by atoms with Crippen molar-refractivity contribution in [2.75, 3.05) is 5.32 Å². The predicted octanol–water partition coefficient (Wildman–Crippen LogP) is 5.46. The smallest absolute Gasteiger partial charge is 0.295 e. The van der Waals surface area contributed by atoms with E-state index in [1.807, 2.05) is 74.5 Å². The lowest BCUT2D eigenvalue weighted by Gasteiger charge is -2.06. The number of halogens is 1. The summed E-state index contributed by atoms with van der Waals surface area (Å²) in [5, 5.41) is 7.90. The van der Waals surface area contributed by atoms with E-state index in [9.17, 15) is 4.79 Å². The summed E-state index contributed by atoms with van der Waals surface area (Å²) < 4.78 is 1.68. The van der Waals surface area contributed by atoms with Gasteiger partial charge in [-0.25, -0.2) is 9.67 Å². The molecule has 1 heterocycles. The van der Waals surface area contributed by atoms with Gasteiger partial charge >= 0.3 is 0 Å². The maximum absolute atomic E-state index is 12.9. The first-order chi connectivity index (χ1) is 14.0. The van der Waals surface area contributed by atoms with Crippen molar-refractivity contribution in [3.05, 3.63) is 94.8 Å². The third kappa shape index (κ3) is 4.05. The van der Waals surface area contributed by atoms with Crippen molar-refractivity contribution in [3.8, 4) is 17.1 Å². The van der Waals surface area contributed by atoms with E-state index < -0.39 is 5.91 Å². The zero-order chi connectivity index (χ0) is 20.4. The fraction of sp³-hybridized carbons (Fsp3) is 0.0870. The molecule has 0 saturated carbocycles. The van der Waals surface area contributed by atoms with Gasteiger partial charge in [0.25, 0.3) is 5.91 Å². The van der Waals surface area contributed by atoms with Crippen molar-refractivity contribution in [1.82, 2.24) is 14.8 Å². The highest BCUT2D eigenvalue weighted by molar-refractivity contribution is 6.31. The van der Waals surface area contributed by atoms with Gasteiger partial charge in [-0.1, -0.05) is 65.7 Å². The number of anilines is 1. The second-order valence-corrected chi connectivity index (χ2v) is 7.22. The molecule has 0 radical (unpaired) electrons. The van der Waals surface area contributed by atoms with Crippen molar-refractivity contribution in [2.45, 2.75) is 13.8 Å². The molecule has 0 aliphatic rings. The van der Waals surface area contributed by atoms with Crippen molar-refractivity contribution >= 4 is 23.2 Å². The van der Waals surface area contributed by atoms with Crippen LogP contribution in [-0.2, 0) is 0 Å². The minimum Gasteiger partial charge on any atom is -0.319 e. The Morgan fingerprint density at radius 2 is 1.69 bits per heavy atom. The van der Waals surface area contributed by atoms with E-state index in [2.05, 4.69) is 15.4 Å². The second-order valence-electron chi connectivity index (χ2n) is 6.79. The SMILES string of the molecule is Cc1ccc(-c2nc(C(=O)Nc3cc(Cl)ccc3C)nn2-c2ccccc2)cc1. The third-order valence-electron chi connectivity index (χ3n) is 4.57. The standard InChI is InChI=1S/C23H19ClN4O/c1-15-8-11-17(12-9-15)22-26-21(27-28(22)19-6-4-3-5-7-19)23(29)25-20-14-18(24)13-10-16(20)2/h3-14H,1-2H3,(H,25,29). The van der Waals surface area contributed by atoms with Crippen LogP contribution in [0, 0.1) is 13.8 Å². The summed E-state index contributed by atoms with van der Waals surface area (Å²) in [5.41, 5.74) is 4.40. The van der Waals surface area contributed by atoms with E-state index in [1.165, 1.54) is 0 Å². The molecule has 29 heavy (non-hydrogen) atoms. The Morgan fingerprint density at radius 3 is 2.41 bits per heavy atom. The highest BCUT2D eigenvalue weighted by atomic mass is 35.5. The molecule has 4 aromatic rings. The zero-order valence-corrected chi connectivity index (χ0v) is 16.8. The predicted molar refractivity (Wildman–Crippen MR) is 116 cm³/mol. The summed E-state index contributed by atoms with van der Waals surface area (Å²) in [6.45, 7) is 3.93. The molecule has 1 N–H and O–H groups in total. The van der Waals surface area contributed by atoms with Gasteiger partial charge in [-0.15, -0.1) is 5.10 Å². The van der Waals surface area contributed by atoms with Crippen LogP contribution in [0.5, 0.6) is 0 Å². The fourth-order valence-corrected chi connectivity index (χ4v) is 3.13. The second kappa shape index (κ2) is 7.89. The van der Waals surface area contributed by atoms with E-state index in [-0.39, 0.29) is 5.82 Å². The highest BCUT2D eigenvalue weighted by Gasteiger charge is 2.19. The summed E-state index contributed by atoms with van der Waals surface area (Å²) in [7, 11) is 0. The zero-order valence-electron chi connectivity index (χ0n) is 16.1. The lowest BCUT2D eigenvalue weighted by molar-refractivity contribution is 0.101. The molecule has 6 heteroatoms. The Morgan fingerprint density at radius 1 is 0.966 bits per heavy atom. The van der Waals surface area contributed by atoms with Gasteiger partial charge in [0.2, 0.25) is 5.82 Å². The molecule has 0 aliphatic heterocycles. The number of rotatable bonds is 4. The number of para-hydroxylation sites is 1. The normalized spacial score (nSPS) is 10.7. The molecule has 0 atom stereocenters. The Bertz CT molecular complexity index is 1170. The van der Waals surface area contributed by atoms with Crippen LogP contribution in [0.4, 0.5) is 5.69 Å². The maximum atomic E-state index is 12.9. The average molecular weight is 403 g/mol. The van der Waals surface area contributed by atoms with Crippen LogP contribution in [-0.4, -0.2) is 20.7 Å². The quantitative estimate of drug-likeness (QED) is 0.493. The van der Waals surface area contributed by atoms with E-state index in [4.69, 9.17) is 11.6 Å². The van der Waals surface area contributed by atoms with Crippen LogP contribution in [0.2, 0.25) is 5.02 Å². The van der Waals surface area contributed by atoms with Gasteiger partial charge in [-0.3, -0.25) is 4.79 Å². The summed E-state index contributed by atoms with van der Waals surface area (Å²) >= 11 is 6.06. The van der Waals surface area contributed by atoms with Crippen molar-refractivity contribution < 1.29 is 4.79 Å². The Balaban J connectivity index is 1.75. The first kappa shape index (κ1) is 18.9. The van der Waals surface area contributed by atoms with Crippen LogP contribution in [0.25, 0.3) is 17.1 Å². The Labute approximate surface area is 174 Å². The highest BCUT2D eigenvalue weighted by Crippen LogP contribution is 2.24. The van der Waals surface area contributed by atoms with Crippen LogP contribution >= 0.6 is 11.6 Å². The van der Waals surface area contributed by atoms with E-state index in [0.29, 0.717) is 16.5 Å². The monoisotopic (exact) mass is 402 g/mol. The van der Waals surface area contributed by atoms with E-state index >= 15 is 0 Å². The fourth-order valence-electron chi connectivity index (χ4n) is 2.95. The number of carbonyl (C=O) groups is 1. The maximum Gasteiger partial charge on any atom is 0.295 e. The minimum atomic E-state index is -0.390. The summed E-state index contributed by atoms with van der Waals surface area (Å²) in [6, 6.07) is 22.9. The number of benzene rings is 3. The molecule has 5 nitrogen and oxygen atoms in total. The van der Waals surface area contributed by atoms with Gasteiger partial charge in [-0.05, 0) is 43.7 Å². The largest absolute Gasteiger partial charge is 0.319 e. The van der Waals surface area contributed by atoms with Gasteiger partial charge in [0.15, 0.2) is 5.82 Å². The third-order valence-corrected chi connectivity index (χ3v) is 4.80. The Kier molecular flexibility index (Phi) is 5.14. The molecule has 1 amide bonds. The van der Waals surface area contributed by atoms with E-state index in [1.54, 1.807) is 16.8 Å². The molecular weight excluding hydrogens is 384 g/mol. The summed E-state index contributed by atoms with van der Waals surface area (Å²) in [5.74, 6) is 0.298. The van der Waals surface area contributed by atoms with Gasteiger partial charge in [0, 0.05) is 16.3 Å². The number of aromatic nitrogens is 3. The molecular formula is C23H19ClN4O. The minimum absolute atomic E-state index is 0.0869. The number of nitrogens with zero attached hydrogens (tertiary/aromatic N) is 3. The molecule has 0 saturated heterocycles.